The molecule has 1 heterocycles. The number of halogens is 9. The lowest BCUT2D eigenvalue weighted by Gasteiger charge is -2.38. The van der Waals surface area contributed by atoms with Gasteiger partial charge in [-0.3, -0.25) is 14.5 Å². The van der Waals surface area contributed by atoms with E-state index in [0.29, 0.717) is 23.3 Å². The van der Waals surface area contributed by atoms with Gasteiger partial charge in [0, 0.05) is 25.6 Å². The van der Waals surface area contributed by atoms with Gasteiger partial charge in [-0.05, 0) is 78.7 Å². The summed E-state index contributed by atoms with van der Waals surface area (Å²) in [5, 5.41) is 12.7. The number of aliphatic hydroxyl groups is 1. The van der Waals surface area contributed by atoms with E-state index < -0.39 is 59.2 Å². The fourth-order valence-electron chi connectivity index (χ4n) is 6.36. The van der Waals surface area contributed by atoms with Crippen molar-refractivity contribution in [2.24, 2.45) is 5.92 Å². The van der Waals surface area contributed by atoms with E-state index in [1.165, 1.54) is 47.4 Å². The molecule has 0 saturated carbocycles. The fourth-order valence-corrected chi connectivity index (χ4v) is 6.36. The Kier molecular flexibility index (Phi) is 12.4. The molecule has 300 valence electrons. The first kappa shape index (κ1) is 42.1. The summed E-state index contributed by atoms with van der Waals surface area (Å²) in [4.78, 5) is 30.3. The van der Waals surface area contributed by atoms with Gasteiger partial charge in [0.2, 0.25) is 5.91 Å². The molecule has 2 N–H and O–H groups in total. The number of hydrogen-bond donors (Lipinski definition) is 2. The number of alkyl halides is 9. The number of likely N-dealkylation sites (N-methyl/N-ethyl adjacent to an activating group) is 1. The molecule has 0 saturated heterocycles. The third-order valence-electron chi connectivity index (χ3n) is 9.43. The van der Waals surface area contributed by atoms with Gasteiger partial charge in [0.05, 0.1) is 47.0 Å². The van der Waals surface area contributed by atoms with Gasteiger partial charge in [-0.1, -0.05) is 49.4 Å². The Hall–Kier alpha value is -5.09. The van der Waals surface area contributed by atoms with Crippen molar-refractivity contribution in [3.63, 3.8) is 0 Å². The topological polar surface area (TPSA) is 82.1 Å². The predicted molar refractivity (Wildman–Crippen MR) is 190 cm³/mol. The number of carbonyl (C=O) groups excluding carboxylic acids is 2. The second-order valence-electron chi connectivity index (χ2n) is 13.9. The normalized spacial score (nSPS) is 17.2. The summed E-state index contributed by atoms with van der Waals surface area (Å²) in [6.07, 6.45) is -15.4. The minimum Gasteiger partial charge on any atom is -0.486 e. The lowest BCUT2D eigenvalue weighted by atomic mass is 9.97. The van der Waals surface area contributed by atoms with Crippen molar-refractivity contribution in [3.05, 3.63) is 118 Å². The van der Waals surface area contributed by atoms with Crippen LogP contribution in [0.4, 0.5) is 45.2 Å². The number of carbonyl (C=O) groups is 2. The highest BCUT2D eigenvalue weighted by atomic mass is 19.4. The van der Waals surface area contributed by atoms with Crippen LogP contribution in [0.15, 0.2) is 84.9 Å². The Labute approximate surface area is 316 Å². The first-order valence-corrected chi connectivity index (χ1v) is 17.4. The van der Waals surface area contributed by atoms with E-state index in [2.05, 4.69) is 5.32 Å². The maximum absolute atomic E-state index is 13.8. The first-order valence-electron chi connectivity index (χ1n) is 17.4. The summed E-state index contributed by atoms with van der Waals surface area (Å²) in [5.74, 6) is -1.32. The minimum atomic E-state index is -4.99. The third kappa shape index (κ3) is 10.2. The van der Waals surface area contributed by atoms with E-state index in [9.17, 15) is 54.2 Å². The number of aliphatic hydroxyl groups excluding tert-OH is 1. The van der Waals surface area contributed by atoms with Gasteiger partial charge in [-0.15, -0.1) is 0 Å². The first-order chi connectivity index (χ1) is 26.1. The predicted octanol–water partition coefficient (Wildman–Crippen LogP) is 8.94. The molecule has 5 rings (SSSR count). The lowest BCUT2D eigenvalue weighted by molar-refractivity contribution is -0.143. The molecular weight excluding hydrogens is 757 g/mol. The maximum atomic E-state index is 13.8. The average molecular weight is 796 g/mol. The van der Waals surface area contributed by atoms with E-state index >= 15 is 0 Å². The summed E-state index contributed by atoms with van der Waals surface area (Å²) in [5.41, 5.74) is -2.55. The van der Waals surface area contributed by atoms with Crippen LogP contribution in [-0.2, 0) is 36.3 Å². The van der Waals surface area contributed by atoms with Crippen molar-refractivity contribution in [1.29, 1.82) is 0 Å². The molecule has 0 unspecified atom stereocenters. The van der Waals surface area contributed by atoms with E-state index in [-0.39, 0.29) is 72.8 Å². The van der Waals surface area contributed by atoms with Crippen LogP contribution in [0.2, 0.25) is 0 Å². The number of rotatable bonds is 10. The van der Waals surface area contributed by atoms with E-state index in [4.69, 9.17) is 4.74 Å². The molecule has 0 spiro atoms. The quantitative estimate of drug-likeness (QED) is 0.157. The standard InChI is InChI=1S/C40H38F9N3O4/c1-23-19-52(24(2)22-53)37(55)32-5-4-6-33(50-35(54)15-25-9-13-29(14-10-25)38(41,42)43)36(32)56-34(23)21-51(3)20-26-7-11-27(12-8-26)28-16-30(39(44,45)46)18-31(17-28)40(47,48)49/h4-14,16-18,23-24,34,53H,15,19-22H2,1-3H3,(H,50,54)/t23-,24+,34-/m1/s1. The Morgan fingerprint density at radius 1 is 0.839 bits per heavy atom. The maximum Gasteiger partial charge on any atom is 0.416 e. The minimum absolute atomic E-state index is 0.0574. The zero-order valence-electron chi connectivity index (χ0n) is 30.3. The fraction of sp³-hybridized carbons (Fsp3) is 0.350. The molecule has 4 aromatic carbocycles. The molecule has 7 nitrogen and oxygen atoms in total. The smallest absolute Gasteiger partial charge is 0.416 e. The van der Waals surface area contributed by atoms with Gasteiger partial charge in [0.25, 0.3) is 5.91 Å². The number of para-hydroxylation sites is 1. The van der Waals surface area contributed by atoms with Crippen LogP contribution in [-0.4, -0.2) is 65.6 Å². The molecule has 1 aliphatic rings. The van der Waals surface area contributed by atoms with Crippen molar-refractivity contribution in [1.82, 2.24) is 9.80 Å². The highest BCUT2D eigenvalue weighted by Gasteiger charge is 2.38. The summed E-state index contributed by atoms with van der Waals surface area (Å²) < 4.78 is 126. The zero-order chi connectivity index (χ0) is 41.2. The summed E-state index contributed by atoms with van der Waals surface area (Å²) in [6, 6.07) is 15.6. The van der Waals surface area contributed by atoms with Crippen LogP contribution in [0, 0.1) is 5.92 Å². The van der Waals surface area contributed by atoms with Crippen LogP contribution >= 0.6 is 0 Å². The molecule has 1 aliphatic heterocycles. The number of ether oxygens (including phenoxy) is 1. The largest absolute Gasteiger partial charge is 0.486 e. The molecule has 3 atom stereocenters. The van der Waals surface area contributed by atoms with Gasteiger partial charge < -0.3 is 20.1 Å². The Morgan fingerprint density at radius 3 is 1.96 bits per heavy atom. The molecule has 0 bridgehead atoms. The van der Waals surface area contributed by atoms with Crippen molar-refractivity contribution < 1.29 is 58.9 Å². The molecular formula is C40H38F9N3O4. The number of benzene rings is 4. The molecule has 0 radical (unpaired) electrons. The molecule has 0 fully saturated rings. The summed E-state index contributed by atoms with van der Waals surface area (Å²) in [6.45, 7) is 3.90. The molecule has 56 heavy (non-hydrogen) atoms. The molecule has 16 heteroatoms. The van der Waals surface area contributed by atoms with Crippen LogP contribution in [0.1, 0.15) is 52.0 Å². The highest BCUT2D eigenvalue weighted by Crippen LogP contribution is 2.39. The monoisotopic (exact) mass is 795 g/mol. The number of nitrogens with one attached hydrogen (secondary N) is 1. The highest BCUT2D eigenvalue weighted by molar-refractivity contribution is 6.02. The van der Waals surface area contributed by atoms with Gasteiger partial charge in [0.15, 0.2) is 5.75 Å². The van der Waals surface area contributed by atoms with Crippen molar-refractivity contribution in [3.8, 4) is 16.9 Å². The van der Waals surface area contributed by atoms with E-state index in [0.717, 1.165) is 12.1 Å². The van der Waals surface area contributed by atoms with Gasteiger partial charge in [-0.25, -0.2) is 0 Å². The van der Waals surface area contributed by atoms with E-state index in [1.54, 1.807) is 26.1 Å². The molecule has 4 aromatic rings. The second-order valence-corrected chi connectivity index (χ2v) is 13.9. The Balaban J connectivity index is 1.37. The van der Waals surface area contributed by atoms with Crippen molar-refractivity contribution in [2.45, 2.75) is 57.5 Å². The average Bonchev–Trinajstić information content (AvgIpc) is 3.12. The number of amides is 2. The van der Waals surface area contributed by atoms with Gasteiger partial charge in [0.1, 0.15) is 6.10 Å². The number of nitrogens with zero attached hydrogens (tertiary/aromatic N) is 2. The SMILES string of the molecule is C[C@@H]1CN([C@@H](C)CO)C(=O)c2cccc(NC(=O)Cc3ccc(C(F)(F)F)cc3)c2O[C@@H]1CN(C)Cc1ccc(-c2cc(C(F)(F)F)cc(C(F)(F)F)c2)cc1. The van der Waals surface area contributed by atoms with Crippen LogP contribution in [0.3, 0.4) is 0 Å². The summed E-state index contributed by atoms with van der Waals surface area (Å²) >= 11 is 0. The Bertz CT molecular complexity index is 1980. The third-order valence-corrected chi connectivity index (χ3v) is 9.43. The van der Waals surface area contributed by atoms with Crippen molar-refractivity contribution >= 4 is 17.5 Å². The Morgan fingerprint density at radius 2 is 1.41 bits per heavy atom. The number of anilines is 1. The number of hydrogen-bond acceptors (Lipinski definition) is 5. The van der Waals surface area contributed by atoms with Crippen LogP contribution in [0.5, 0.6) is 5.75 Å². The van der Waals surface area contributed by atoms with Crippen molar-refractivity contribution in [2.75, 3.05) is 32.1 Å². The number of fused-ring (bicyclic) bond motifs is 1. The molecule has 0 aromatic heterocycles. The van der Waals surface area contributed by atoms with Crippen LogP contribution < -0.4 is 10.1 Å². The lowest BCUT2D eigenvalue weighted by Crippen LogP contribution is -2.49. The van der Waals surface area contributed by atoms with Gasteiger partial charge >= 0.3 is 18.5 Å². The summed E-state index contributed by atoms with van der Waals surface area (Å²) in [7, 11) is 1.77. The molecule has 0 aliphatic carbocycles. The van der Waals surface area contributed by atoms with E-state index in [1.807, 2.05) is 11.8 Å². The van der Waals surface area contributed by atoms with Crippen LogP contribution in [0.25, 0.3) is 11.1 Å². The zero-order valence-corrected chi connectivity index (χ0v) is 30.3. The second kappa shape index (κ2) is 16.6. The van der Waals surface area contributed by atoms with Gasteiger partial charge in [-0.2, -0.15) is 39.5 Å². The molecule has 2 amide bonds.